The number of para-hydroxylation sites is 1. The first-order chi connectivity index (χ1) is 9.92. The average Bonchev–Trinajstić information content (AvgIpc) is 3.21. The van der Waals surface area contributed by atoms with Crippen LogP contribution in [0.3, 0.4) is 0 Å². The highest BCUT2D eigenvalue weighted by atomic mass is 19.4. The van der Waals surface area contributed by atoms with Gasteiger partial charge in [0.2, 0.25) is 0 Å². The summed E-state index contributed by atoms with van der Waals surface area (Å²) in [5.74, 6) is 0.307. The molecule has 112 valence electrons. The van der Waals surface area contributed by atoms with Crippen LogP contribution in [0.1, 0.15) is 18.4 Å². The Balaban J connectivity index is 1.86. The molecular formula is C15H16F3N3. The number of hydrogen-bond acceptors (Lipinski definition) is 3. The summed E-state index contributed by atoms with van der Waals surface area (Å²) >= 11 is 0. The van der Waals surface area contributed by atoms with E-state index in [2.05, 4.69) is 4.98 Å². The van der Waals surface area contributed by atoms with Crippen molar-refractivity contribution in [1.82, 2.24) is 9.88 Å². The van der Waals surface area contributed by atoms with Crippen molar-refractivity contribution in [2.75, 3.05) is 12.3 Å². The maximum atomic E-state index is 12.7. The van der Waals surface area contributed by atoms with E-state index in [1.54, 1.807) is 0 Å². The van der Waals surface area contributed by atoms with Crippen LogP contribution < -0.4 is 5.73 Å². The van der Waals surface area contributed by atoms with Crippen LogP contribution in [-0.2, 0) is 6.54 Å². The number of rotatable bonds is 4. The highest BCUT2D eigenvalue weighted by Crippen LogP contribution is 2.32. The van der Waals surface area contributed by atoms with Gasteiger partial charge in [0.05, 0.1) is 12.1 Å². The minimum absolute atomic E-state index is 0.0116. The summed E-state index contributed by atoms with van der Waals surface area (Å²) in [7, 11) is 0. The van der Waals surface area contributed by atoms with Gasteiger partial charge in [-0.05, 0) is 25.0 Å². The number of benzene rings is 1. The molecule has 1 aliphatic carbocycles. The third-order valence-corrected chi connectivity index (χ3v) is 3.66. The first-order valence-electron chi connectivity index (χ1n) is 6.87. The van der Waals surface area contributed by atoms with Gasteiger partial charge in [-0.15, -0.1) is 0 Å². The molecule has 6 heteroatoms. The molecule has 1 aromatic carbocycles. The van der Waals surface area contributed by atoms with Gasteiger partial charge in [0, 0.05) is 23.5 Å². The molecule has 1 aliphatic rings. The number of alkyl halides is 3. The van der Waals surface area contributed by atoms with Crippen molar-refractivity contribution in [1.29, 1.82) is 0 Å². The van der Waals surface area contributed by atoms with E-state index in [1.807, 2.05) is 30.3 Å². The lowest BCUT2D eigenvalue weighted by Crippen LogP contribution is -2.35. The molecule has 0 spiro atoms. The third kappa shape index (κ3) is 3.44. The second kappa shape index (κ2) is 5.18. The topological polar surface area (TPSA) is 42.1 Å². The van der Waals surface area contributed by atoms with Gasteiger partial charge in [-0.2, -0.15) is 13.2 Å². The van der Waals surface area contributed by atoms with Gasteiger partial charge >= 0.3 is 6.18 Å². The van der Waals surface area contributed by atoms with Crippen LogP contribution in [0.15, 0.2) is 30.3 Å². The van der Waals surface area contributed by atoms with E-state index in [9.17, 15) is 13.2 Å². The predicted molar refractivity (Wildman–Crippen MR) is 75.6 cm³/mol. The fraction of sp³-hybridized carbons (Fsp3) is 0.400. The molecule has 0 saturated heterocycles. The van der Waals surface area contributed by atoms with Gasteiger partial charge < -0.3 is 5.73 Å². The fourth-order valence-corrected chi connectivity index (χ4v) is 2.50. The van der Waals surface area contributed by atoms with Gasteiger partial charge in [0.15, 0.2) is 0 Å². The maximum Gasteiger partial charge on any atom is 0.401 e. The molecule has 0 unspecified atom stereocenters. The summed E-state index contributed by atoms with van der Waals surface area (Å²) in [5.41, 5.74) is 7.31. The predicted octanol–water partition coefficient (Wildman–Crippen LogP) is 3.34. The minimum atomic E-state index is -4.19. The summed E-state index contributed by atoms with van der Waals surface area (Å²) in [6, 6.07) is 9.30. The normalized spacial score (nSPS) is 15.8. The van der Waals surface area contributed by atoms with Crippen LogP contribution in [0.2, 0.25) is 0 Å². The summed E-state index contributed by atoms with van der Waals surface area (Å²) in [5, 5.41) is 0.893. The van der Waals surface area contributed by atoms with E-state index in [4.69, 9.17) is 5.73 Å². The Bertz CT molecular complexity index is 650. The van der Waals surface area contributed by atoms with Gasteiger partial charge in [-0.1, -0.05) is 18.2 Å². The van der Waals surface area contributed by atoms with Gasteiger partial charge in [0.1, 0.15) is 5.82 Å². The van der Waals surface area contributed by atoms with Gasteiger partial charge in [-0.3, -0.25) is 4.90 Å². The van der Waals surface area contributed by atoms with Crippen molar-refractivity contribution < 1.29 is 13.2 Å². The number of aromatic nitrogens is 1. The molecule has 0 bridgehead atoms. The van der Waals surface area contributed by atoms with Gasteiger partial charge in [0.25, 0.3) is 0 Å². The zero-order chi connectivity index (χ0) is 15.0. The number of hydrogen-bond donors (Lipinski definition) is 1. The Morgan fingerprint density at radius 2 is 1.95 bits per heavy atom. The van der Waals surface area contributed by atoms with Crippen molar-refractivity contribution in [3.63, 3.8) is 0 Å². The Labute approximate surface area is 120 Å². The molecule has 21 heavy (non-hydrogen) atoms. The third-order valence-electron chi connectivity index (χ3n) is 3.66. The summed E-state index contributed by atoms with van der Waals surface area (Å²) in [4.78, 5) is 5.72. The van der Waals surface area contributed by atoms with Crippen molar-refractivity contribution in [3.8, 4) is 0 Å². The zero-order valence-corrected chi connectivity index (χ0v) is 11.4. The number of nitrogens with two attached hydrogens (primary N) is 1. The number of nitrogens with zero attached hydrogens (tertiary/aromatic N) is 2. The lowest BCUT2D eigenvalue weighted by atomic mass is 10.1. The van der Waals surface area contributed by atoms with Crippen LogP contribution in [0.25, 0.3) is 10.9 Å². The van der Waals surface area contributed by atoms with Crippen molar-refractivity contribution >= 4 is 16.7 Å². The standard InChI is InChI=1S/C15H16F3N3/c16-15(17,18)9-21(12-5-6-12)8-11-7-10-3-1-2-4-13(10)20-14(11)19/h1-4,7,12H,5-6,8-9H2,(H2,19,20). The number of anilines is 1. The average molecular weight is 295 g/mol. The lowest BCUT2D eigenvalue weighted by molar-refractivity contribution is -0.148. The highest BCUT2D eigenvalue weighted by Gasteiger charge is 2.38. The monoisotopic (exact) mass is 295 g/mol. The van der Waals surface area contributed by atoms with E-state index >= 15 is 0 Å². The van der Waals surface area contributed by atoms with Crippen molar-refractivity contribution in [3.05, 3.63) is 35.9 Å². The SMILES string of the molecule is Nc1nc2ccccc2cc1CN(CC(F)(F)F)C1CC1. The van der Waals surface area contributed by atoms with E-state index in [0.29, 0.717) is 11.4 Å². The molecule has 0 atom stereocenters. The summed E-state index contributed by atoms with van der Waals surface area (Å²) in [6.45, 7) is -0.711. The largest absolute Gasteiger partial charge is 0.401 e. The Kier molecular flexibility index (Phi) is 3.49. The Hall–Kier alpha value is -1.82. The van der Waals surface area contributed by atoms with Crippen LogP contribution in [0, 0.1) is 0 Å². The Morgan fingerprint density at radius 1 is 1.24 bits per heavy atom. The van der Waals surface area contributed by atoms with Crippen molar-refractivity contribution in [2.24, 2.45) is 0 Å². The van der Waals surface area contributed by atoms with Crippen LogP contribution in [-0.4, -0.2) is 28.6 Å². The molecule has 3 nitrogen and oxygen atoms in total. The smallest absolute Gasteiger partial charge is 0.383 e. The number of pyridine rings is 1. The van der Waals surface area contributed by atoms with Crippen LogP contribution in [0.4, 0.5) is 19.0 Å². The quantitative estimate of drug-likeness (QED) is 0.940. The number of halogens is 3. The van der Waals surface area contributed by atoms with E-state index in [-0.39, 0.29) is 12.6 Å². The first-order valence-corrected chi connectivity index (χ1v) is 6.87. The summed E-state index contributed by atoms with van der Waals surface area (Å²) in [6.07, 6.45) is -2.56. The molecule has 0 radical (unpaired) electrons. The molecule has 1 aromatic heterocycles. The molecule has 1 saturated carbocycles. The maximum absolute atomic E-state index is 12.7. The van der Waals surface area contributed by atoms with Crippen LogP contribution >= 0.6 is 0 Å². The van der Waals surface area contributed by atoms with Gasteiger partial charge in [-0.25, -0.2) is 4.98 Å². The second-order valence-electron chi connectivity index (χ2n) is 5.48. The van der Waals surface area contributed by atoms with E-state index in [0.717, 1.165) is 23.7 Å². The molecule has 0 amide bonds. The summed E-state index contributed by atoms with van der Waals surface area (Å²) < 4.78 is 38.0. The Morgan fingerprint density at radius 3 is 2.62 bits per heavy atom. The van der Waals surface area contributed by atoms with E-state index < -0.39 is 12.7 Å². The van der Waals surface area contributed by atoms with E-state index in [1.165, 1.54) is 4.90 Å². The highest BCUT2D eigenvalue weighted by molar-refractivity contribution is 5.81. The molecule has 0 aliphatic heterocycles. The molecular weight excluding hydrogens is 279 g/mol. The first kappa shape index (κ1) is 14.1. The minimum Gasteiger partial charge on any atom is -0.383 e. The number of fused-ring (bicyclic) bond motifs is 1. The molecule has 3 rings (SSSR count). The number of nitrogen functional groups attached to an aromatic ring is 1. The molecule has 2 aromatic rings. The second-order valence-corrected chi connectivity index (χ2v) is 5.48. The molecule has 1 fully saturated rings. The lowest BCUT2D eigenvalue weighted by Gasteiger charge is -2.24. The molecule has 1 heterocycles. The van der Waals surface area contributed by atoms with Crippen molar-refractivity contribution in [2.45, 2.75) is 31.6 Å². The molecule has 2 N–H and O–H groups in total. The van der Waals surface area contributed by atoms with Crippen LogP contribution in [0.5, 0.6) is 0 Å². The zero-order valence-electron chi connectivity index (χ0n) is 11.4. The fourth-order valence-electron chi connectivity index (χ4n) is 2.50.